The summed E-state index contributed by atoms with van der Waals surface area (Å²) in [6.45, 7) is 11.4. The maximum atomic E-state index is 14.0. The van der Waals surface area contributed by atoms with Gasteiger partial charge in [0.2, 0.25) is 5.82 Å². The Morgan fingerprint density at radius 1 is 1.05 bits per heavy atom. The lowest BCUT2D eigenvalue weighted by atomic mass is 10.1. The van der Waals surface area contributed by atoms with Crippen LogP contribution in [0.15, 0.2) is 49.1 Å². The van der Waals surface area contributed by atoms with Gasteiger partial charge in [-0.25, -0.2) is 23.3 Å². The number of halogens is 2. The molecule has 0 aliphatic carbocycles. The lowest BCUT2D eigenvalue weighted by molar-refractivity contribution is 0.303. The number of anilines is 2. The van der Waals surface area contributed by atoms with E-state index in [9.17, 15) is 8.78 Å². The van der Waals surface area contributed by atoms with E-state index in [0.29, 0.717) is 17.3 Å². The lowest BCUT2D eigenvalue weighted by Crippen LogP contribution is -2.21. The van der Waals surface area contributed by atoms with Gasteiger partial charge in [0.15, 0.2) is 11.6 Å². The second-order valence-electron chi connectivity index (χ2n) is 9.22. The van der Waals surface area contributed by atoms with Crippen LogP contribution in [0.3, 0.4) is 0 Å². The summed E-state index contributed by atoms with van der Waals surface area (Å²) >= 11 is 0. The van der Waals surface area contributed by atoms with Crippen LogP contribution in [0.5, 0.6) is 0 Å². The number of rotatable bonds is 10. The molecule has 0 fully saturated rings. The van der Waals surface area contributed by atoms with Crippen molar-refractivity contribution in [2.75, 3.05) is 25.5 Å². The van der Waals surface area contributed by atoms with E-state index in [1.54, 1.807) is 10.7 Å². The molecule has 7 nitrogen and oxygen atoms in total. The van der Waals surface area contributed by atoms with Crippen LogP contribution >= 0.6 is 0 Å². The van der Waals surface area contributed by atoms with Crippen molar-refractivity contribution in [1.29, 1.82) is 0 Å². The van der Waals surface area contributed by atoms with Gasteiger partial charge in [0.05, 0.1) is 18.1 Å². The fourth-order valence-corrected chi connectivity index (χ4v) is 3.82. The zero-order valence-electron chi connectivity index (χ0n) is 22.4. The zero-order valence-corrected chi connectivity index (χ0v) is 22.4. The van der Waals surface area contributed by atoms with Crippen molar-refractivity contribution in [3.63, 3.8) is 0 Å². The van der Waals surface area contributed by atoms with Crippen molar-refractivity contribution in [3.8, 4) is 11.5 Å². The summed E-state index contributed by atoms with van der Waals surface area (Å²) in [5, 5.41) is 7.45. The van der Waals surface area contributed by atoms with Gasteiger partial charge < -0.3 is 10.2 Å². The molecule has 0 saturated carbocycles. The zero-order chi connectivity index (χ0) is 26.8. The Hall–Kier alpha value is -3.46. The molecule has 1 atom stereocenters. The molecule has 4 rings (SSSR count). The Labute approximate surface area is 218 Å². The Kier molecular flexibility index (Phi) is 10.4. The maximum Gasteiger partial charge on any atom is 0.200 e. The molecule has 1 N–H and O–H groups in total. The summed E-state index contributed by atoms with van der Waals surface area (Å²) in [5.41, 5.74) is 2.43. The van der Waals surface area contributed by atoms with Gasteiger partial charge in [0, 0.05) is 12.4 Å². The van der Waals surface area contributed by atoms with Crippen LogP contribution in [0.25, 0.3) is 17.0 Å². The monoisotopic (exact) mass is 509 g/mol. The number of aryl methyl sites for hydroxylation is 1. The minimum atomic E-state index is -0.490. The van der Waals surface area contributed by atoms with Crippen LogP contribution in [-0.2, 0) is 6.42 Å². The quantitative estimate of drug-likeness (QED) is 0.262. The van der Waals surface area contributed by atoms with Gasteiger partial charge >= 0.3 is 0 Å². The van der Waals surface area contributed by atoms with Crippen molar-refractivity contribution >= 4 is 17.0 Å². The molecular formula is C28H37F2N7. The molecule has 4 aromatic heterocycles. The van der Waals surface area contributed by atoms with Crippen LogP contribution in [0.4, 0.5) is 20.3 Å². The first-order valence-electron chi connectivity index (χ1n) is 12.9. The molecule has 0 aliphatic rings. The Balaban J connectivity index is 0.000000295. The minimum absolute atomic E-state index is 0.252. The van der Waals surface area contributed by atoms with Crippen LogP contribution in [0.1, 0.15) is 52.5 Å². The predicted molar refractivity (Wildman–Crippen MR) is 145 cm³/mol. The first-order chi connectivity index (χ1) is 17.9. The van der Waals surface area contributed by atoms with Crippen LogP contribution < -0.4 is 5.32 Å². The highest BCUT2D eigenvalue weighted by Gasteiger charge is 2.15. The van der Waals surface area contributed by atoms with Gasteiger partial charge in [0.1, 0.15) is 17.0 Å². The molecular weight excluding hydrogens is 472 g/mol. The Morgan fingerprint density at radius 2 is 1.86 bits per heavy atom. The van der Waals surface area contributed by atoms with E-state index in [2.05, 4.69) is 58.1 Å². The average molecular weight is 510 g/mol. The van der Waals surface area contributed by atoms with Gasteiger partial charge in [-0.3, -0.25) is 4.98 Å². The molecule has 4 heterocycles. The van der Waals surface area contributed by atoms with E-state index in [1.807, 2.05) is 13.0 Å². The minimum Gasteiger partial charge on any atom is -0.336 e. The third kappa shape index (κ3) is 7.76. The number of fused-ring (bicyclic) bond motifs is 1. The largest absolute Gasteiger partial charge is 0.336 e. The second-order valence-corrected chi connectivity index (χ2v) is 9.22. The summed E-state index contributed by atoms with van der Waals surface area (Å²) in [6.07, 6.45) is 10.2. The highest BCUT2D eigenvalue weighted by Crippen LogP contribution is 2.27. The standard InChI is InChI=1S/C18H14F2N6.C10H23N/c1-2-11-6-8-26-16(11)18(23-14-5-7-21-10-13(14)20)24-17(25-26)15-4-3-12(19)9-22-15;1-5-8-11(4)9-7-10(3)6-2/h3-10H,2H2,1H3,(H,21,23,24,25);10H,5-9H2,1-4H3. The highest BCUT2D eigenvalue weighted by atomic mass is 19.1. The van der Waals surface area contributed by atoms with E-state index < -0.39 is 11.6 Å². The molecule has 1 unspecified atom stereocenters. The first kappa shape index (κ1) is 28.1. The molecule has 0 aromatic carbocycles. The Morgan fingerprint density at radius 3 is 2.51 bits per heavy atom. The molecule has 4 aromatic rings. The van der Waals surface area contributed by atoms with Gasteiger partial charge in [0.25, 0.3) is 0 Å². The van der Waals surface area contributed by atoms with Gasteiger partial charge in [-0.2, -0.15) is 0 Å². The SMILES string of the molecule is CCCN(C)CCC(C)CC.CCc1ccn2nc(-c3ccc(F)cn3)nc(Nc3ccncc3F)c12. The molecule has 0 radical (unpaired) electrons. The molecule has 198 valence electrons. The van der Waals surface area contributed by atoms with E-state index in [4.69, 9.17) is 0 Å². The van der Waals surface area contributed by atoms with E-state index in [1.165, 1.54) is 56.7 Å². The van der Waals surface area contributed by atoms with Crippen molar-refractivity contribution in [3.05, 3.63) is 66.3 Å². The van der Waals surface area contributed by atoms with Gasteiger partial charge in [-0.15, -0.1) is 5.10 Å². The molecule has 0 bridgehead atoms. The number of aromatic nitrogens is 5. The molecule has 37 heavy (non-hydrogen) atoms. The first-order valence-corrected chi connectivity index (χ1v) is 12.9. The van der Waals surface area contributed by atoms with Crippen LogP contribution in [-0.4, -0.2) is 49.6 Å². The summed E-state index contributed by atoms with van der Waals surface area (Å²) in [4.78, 5) is 14.7. The number of pyridine rings is 2. The smallest absolute Gasteiger partial charge is 0.200 e. The number of nitrogens with one attached hydrogen (secondary N) is 1. The number of nitrogens with zero attached hydrogens (tertiary/aromatic N) is 6. The van der Waals surface area contributed by atoms with Crippen molar-refractivity contribution in [2.45, 2.75) is 53.4 Å². The van der Waals surface area contributed by atoms with Crippen LogP contribution in [0.2, 0.25) is 0 Å². The maximum absolute atomic E-state index is 14.0. The third-order valence-electron chi connectivity index (χ3n) is 6.26. The normalized spacial score (nSPS) is 11.9. The number of hydrogen-bond donors (Lipinski definition) is 1. The Bertz CT molecular complexity index is 1260. The topological polar surface area (TPSA) is 71.2 Å². The van der Waals surface area contributed by atoms with Crippen molar-refractivity contribution in [2.24, 2.45) is 5.92 Å². The molecule has 0 aliphatic heterocycles. The van der Waals surface area contributed by atoms with E-state index >= 15 is 0 Å². The second kappa shape index (κ2) is 13.7. The number of hydrogen-bond acceptors (Lipinski definition) is 6. The summed E-state index contributed by atoms with van der Waals surface area (Å²) in [5.74, 6) is 0.701. The van der Waals surface area contributed by atoms with E-state index in [0.717, 1.165) is 35.8 Å². The van der Waals surface area contributed by atoms with Gasteiger partial charge in [-0.05, 0) is 75.1 Å². The summed E-state index contributed by atoms with van der Waals surface area (Å²) < 4.78 is 28.8. The fourth-order valence-electron chi connectivity index (χ4n) is 3.82. The average Bonchev–Trinajstić information content (AvgIpc) is 3.33. The fraction of sp³-hybridized carbons (Fsp3) is 0.429. The summed E-state index contributed by atoms with van der Waals surface area (Å²) in [6, 6.07) is 6.24. The molecule has 0 spiro atoms. The molecule has 9 heteroatoms. The van der Waals surface area contributed by atoms with Crippen LogP contribution in [0, 0.1) is 17.6 Å². The van der Waals surface area contributed by atoms with E-state index in [-0.39, 0.29) is 5.69 Å². The lowest BCUT2D eigenvalue weighted by Gasteiger charge is -2.17. The van der Waals surface area contributed by atoms with Gasteiger partial charge in [-0.1, -0.05) is 34.1 Å². The van der Waals surface area contributed by atoms with Crippen molar-refractivity contribution in [1.82, 2.24) is 29.5 Å². The highest BCUT2D eigenvalue weighted by molar-refractivity contribution is 5.78. The molecule has 0 amide bonds. The summed E-state index contributed by atoms with van der Waals surface area (Å²) in [7, 11) is 2.21. The molecule has 0 saturated heterocycles. The van der Waals surface area contributed by atoms with Crippen molar-refractivity contribution < 1.29 is 8.78 Å². The predicted octanol–water partition coefficient (Wildman–Crippen LogP) is 6.53. The third-order valence-corrected chi connectivity index (χ3v) is 6.26.